The van der Waals surface area contributed by atoms with Crippen LogP contribution in [-0.2, 0) is 9.59 Å². The third-order valence-corrected chi connectivity index (χ3v) is 7.83. The standard InChI is InChI=1S/C33H39N3O5/c1-5-6-16-27(29(37)30(38)34-22(2)23-12-8-7-9-13-23)36(32(40)41)28-20-33(3,4)21-35(28)31(39)26-18-17-24-14-10-11-15-25(24)19-26/h7-15,17-19,22,27-28H,5-6,16,20-21H2,1-4H3,(H,34,38)(H,40,41)/t22?,27-,28?/m0/s1. The van der Waals surface area contributed by atoms with E-state index in [1.165, 1.54) is 0 Å². The second-order valence-corrected chi connectivity index (χ2v) is 11.7. The van der Waals surface area contributed by atoms with Gasteiger partial charge in [-0.15, -0.1) is 0 Å². The van der Waals surface area contributed by atoms with Crippen molar-refractivity contribution in [1.29, 1.82) is 0 Å². The number of hydrogen-bond donors (Lipinski definition) is 2. The van der Waals surface area contributed by atoms with Crippen molar-refractivity contribution < 1.29 is 24.3 Å². The second-order valence-electron chi connectivity index (χ2n) is 11.7. The summed E-state index contributed by atoms with van der Waals surface area (Å²) < 4.78 is 0. The SMILES string of the molecule is CCCC[C@@H](C(=O)C(=O)NC(C)c1ccccc1)N(C(=O)O)C1CC(C)(C)CN1C(=O)c1ccc2ccccc2c1. The van der Waals surface area contributed by atoms with Crippen LogP contribution in [0.4, 0.5) is 4.79 Å². The molecule has 4 rings (SSSR count). The number of hydrogen-bond acceptors (Lipinski definition) is 4. The quantitative estimate of drug-likeness (QED) is 0.296. The van der Waals surface area contributed by atoms with Crippen LogP contribution in [0.15, 0.2) is 72.8 Å². The van der Waals surface area contributed by atoms with Gasteiger partial charge in [0.2, 0.25) is 5.78 Å². The number of likely N-dealkylation sites (tertiary alicyclic amines) is 1. The summed E-state index contributed by atoms with van der Waals surface area (Å²) in [6, 6.07) is 20.8. The van der Waals surface area contributed by atoms with Crippen LogP contribution >= 0.6 is 0 Å². The summed E-state index contributed by atoms with van der Waals surface area (Å²) in [5, 5.41) is 15.1. The zero-order valence-corrected chi connectivity index (χ0v) is 24.2. The van der Waals surface area contributed by atoms with Crippen LogP contribution < -0.4 is 5.32 Å². The molecule has 0 radical (unpaired) electrons. The normalized spacial score (nSPS) is 17.6. The van der Waals surface area contributed by atoms with Crippen LogP contribution in [0.3, 0.4) is 0 Å². The number of carboxylic acid groups (broad SMARTS) is 1. The lowest BCUT2D eigenvalue weighted by molar-refractivity contribution is -0.142. The minimum atomic E-state index is -1.33. The number of unbranched alkanes of at least 4 members (excludes halogenated alkanes) is 1. The Hall–Kier alpha value is -4.20. The molecule has 41 heavy (non-hydrogen) atoms. The highest BCUT2D eigenvalue weighted by molar-refractivity contribution is 6.38. The molecule has 0 saturated carbocycles. The van der Waals surface area contributed by atoms with Crippen molar-refractivity contribution in [1.82, 2.24) is 15.1 Å². The van der Waals surface area contributed by atoms with Crippen LogP contribution in [0, 0.1) is 5.41 Å². The third kappa shape index (κ3) is 6.76. The molecular weight excluding hydrogens is 518 g/mol. The van der Waals surface area contributed by atoms with Crippen molar-refractivity contribution in [3.05, 3.63) is 83.9 Å². The van der Waals surface area contributed by atoms with E-state index in [0.29, 0.717) is 24.9 Å². The highest BCUT2D eigenvalue weighted by Gasteiger charge is 2.48. The number of nitrogens with one attached hydrogen (secondary N) is 1. The van der Waals surface area contributed by atoms with Gasteiger partial charge in [0.25, 0.3) is 11.8 Å². The fraction of sp³-hybridized carbons (Fsp3) is 0.394. The zero-order chi connectivity index (χ0) is 29.7. The van der Waals surface area contributed by atoms with Gasteiger partial charge in [-0.3, -0.25) is 19.3 Å². The van der Waals surface area contributed by atoms with Crippen LogP contribution in [0.25, 0.3) is 10.8 Å². The van der Waals surface area contributed by atoms with E-state index >= 15 is 0 Å². The minimum absolute atomic E-state index is 0.184. The molecule has 216 valence electrons. The maximum Gasteiger partial charge on any atom is 0.409 e. The summed E-state index contributed by atoms with van der Waals surface area (Å²) in [7, 11) is 0. The second kappa shape index (κ2) is 12.5. The summed E-state index contributed by atoms with van der Waals surface area (Å²) in [6.07, 6.45) is -0.430. The van der Waals surface area contributed by atoms with Crippen molar-refractivity contribution in [2.45, 2.75) is 71.6 Å². The molecule has 1 fully saturated rings. The topological polar surface area (TPSA) is 107 Å². The monoisotopic (exact) mass is 557 g/mol. The van der Waals surface area contributed by atoms with Crippen molar-refractivity contribution >= 4 is 34.5 Å². The van der Waals surface area contributed by atoms with Gasteiger partial charge >= 0.3 is 6.09 Å². The Balaban J connectivity index is 1.65. The molecule has 2 unspecified atom stereocenters. The summed E-state index contributed by atoms with van der Waals surface area (Å²) in [5.74, 6) is -1.95. The van der Waals surface area contributed by atoms with Gasteiger partial charge in [-0.1, -0.05) is 94.3 Å². The fourth-order valence-electron chi connectivity index (χ4n) is 5.69. The van der Waals surface area contributed by atoms with E-state index in [-0.39, 0.29) is 12.3 Å². The molecule has 3 amide bonds. The van der Waals surface area contributed by atoms with Gasteiger partial charge in [0.15, 0.2) is 0 Å². The largest absolute Gasteiger partial charge is 0.465 e. The first-order chi connectivity index (χ1) is 19.5. The molecule has 1 aliphatic heterocycles. The van der Waals surface area contributed by atoms with Crippen molar-refractivity contribution in [3.8, 4) is 0 Å². The van der Waals surface area contributed by atoms with E-state index in [4.69, 9.17) is 0 Å². The highest BCUT2D eigenvalue weighted by atomic mass is 16.4. The predicted octanol–water partition coefficient (Wildman–Crippen LogP) is 6.02. The number of rotatable bonds is 10. The van der Waals surface area contributed by atoms with Gasteiger partial charge in [0.05, 0.1) is 6.04 Å². The summed E-state index contributed by atoms with van der Waals surface area (Å²) in [6.45, 7) is 7.99. The van der Waals surface area contributed by atoms with E-state index in [0.717, 1.165) is 27.7 Å². The lowest BCUT2D eigenvalue weighted by atomic mass is 9.91. The molecule has 3 aromatic carbocycles. The number of benzene rings is 3. The molecule has 8 nitrogen and oxygen atoms in total. The van der Waals surface area contributed by atoms with E-state index in [1.807, 2.05) is 87.5 Å². The van der Waals surface area contributed by atoms with Crippen molar-refractivity contribution in [3.63, 3.8) is 0 Å². The molecule has 0 bridgehead atoms. The van der Waals surface area contributed by atoms with E-state index < -0.39 is 41.4 Å². The first-order valence-corrected chi connectivity index (χ1v) is 14.2. The van der Waals surface area contributed by atoms with Crippen LogP contribution in [-0.4, -0.2) is 57.3 Å². The Morgan fingerprint density at radius 3 is 2.32 bits per heavy atom. The minimum Gasteiger partial charge on any atom is -0.465 e. The number of fused-ring (bicyclic) bond motifs is 1. The van der Waals surface area contributed by atoms with Gasteiger partial charge < -0.3 is 15.3 Å². The highest BCUT2D eigenvalue weighted by Crippen LogP contribution is 2.38. The summed E-state index contributed by atoms with van der Waals surface area (Å²) in [5.41, 5.74) is 0.883. The molecule has 0 spiro atoms. The number of ketones is 1. The molecule has 1 saturated heterocycles. The molecular formula is C33H39N3O5. The Bertz CT molecular complexity index is 1420. The molecule has 1 heterocycles. The summed E-state index contributed by atoms with van der Waals surface area (Å²) in [4.78, 5) is 56.2. The molecule has 1 aliphatic rings. The Morgan fingerprint density at radius 2 is 1.66 bits per heavy atom. The van der Waals surface area contributed by atoms with Gasteiger partial charge in [-0.2, -0.15) is 0 Å². The van der Waals surface area contributed by atoms with E-state index in [2.05, 4.69) is 5.32 Å². The number of amides is 3. The van der Waals surface area contributed by atoms with Gasteiger partial charge in [0.1, 0.15) is 12.2 Å². The fourth-order valence-corrected chi connectivity index (χ4v) is 5.69. The van der Waals surface area contributed by atoms with Crippen LogP contribution in [0.1, 0.15) is 75.3 Å². The lowest BCUT2D eigenvalue weighted by Gasteiger charge is -2.37. The number of carbonyl (C=O) groups excluding carboxylic acids is 3. The molecule has 8 heteroatoms. The smallest absolute Gasteiger partial charge is 0.409 e. The average Bonchev–Trinajstić information content (AvgIpc) is 3.28. The molecule has 2 N–H and O–H groups in total. The first kappa shape index (κ1) is 29.8. The predicted molar refractivity (Wildman–Crippen MR) is 158 cm³/mol. The first-order valence-electron chi connectivity index (χ1n) is 14.2. The molecule has 3 atom stereocenters. The lowest BCUT2D eigenvalue weighted by Crippen LogP contribution is -2.58. The number of carbonyl (C=O) groups is 4. The maximum atomic E-state index is 13.9. The Kier molecular flexibility index (Phi) is 9.11. The van der Waals surface area contributed by atoms with Gasteiger partial charge in [-0.25, -0.2) is 4.79 Å². The molecule has 3 aromatic rings. The van der Waals surface area contributed by atoms with Crippen molar-refractivity contribution in [2.75, 3.05) is 6.54 Å². The van der Waals surface area contributed by atoms with Gasteiger partial charge in [-0.05, 0) is 53.6 Å². The Labute approximate surface area is 241 Å². The van der Waals surface area contributed by atoms with Crippen LogP contribution in [0.5, 0.6) is 0 Å². The number of nitrogens with zero attached hydrogens (tertiary/aromatic N) is 2. The van der Waals surface area contributed by atoms with E-state index in [1.54, 1.807) is 17.9 Å². The maximum absolute atomic E-state index is 13.9. The van der Waals surface area contributed by atoms with Crippen LogP contribution in [0.2, 0.25) is 0 Å². The van der Waals surface area contributed by atoms with Gasteiger partial charge in [0, 0.05) is 12.1 Å². The number of Topliss-reactive ketones (excluding diaryl/α,β-unsaturated/α-hetero) is 1. The molecule has 0 aromatic heterocycles. The third-order valence-electron chi connectivity index (χ3n) is 7.83. The zero-order valence-electron chi connectivity index (χ0n) is 24.2. The Morgan fingerprint density at radius 1 is 1.00 bits per heavy atom. The van der Waals surface area contributed by atoms with E-state index in [9.17, 15) is 24.3 Å². The average molecular weight is 558 g/mol. The molecule has 0 aliphatic carbocycles. The van der Waals surface area contributed by atoms with Crippen molar-refractivity contribution in [2.24, 2.45) is 5.41 Å². The summed E-state index contributed by atoms with van der Waals surface area (Å²) >= 11 is 0.